The second-order valence-corrected chi connectivity index (χ2v) is 11.3. The molecule has 0 spiro atoms. The number of fused-ring (bicyclic) bond motifs is 1. The number of benzene rings is 2. The van der Waals surface area contributed by atoms with Crippen LogP contribution in [-0.2, 0) is 11.3 Å². The topological polar surface area (TPSA) is 63.9 Å². The highest BCUT2D eigenvalue weighted by Gasteiger charge is 2.32. The summed E-state index contributed by atoms with van der Waals surface area (Å²) in [7, 11) is 1.61. The minimum atomic E-state index is -0.233. The molecule has 0 radical (unpaired) electrons. The van der Waals surface area contributed by atoms with Gasteiger partial charge in [0.15, 0.2) is 0 Å². The Morgan fingerprint density at radius 1 is 1.00 bits per heavy atom. The van der Waals surface area contributed by atoms with E-state index in [-0.39, 0.29) is 11.5 Å². The first-order valence-electron chi connectivity index (χ1n) is 11.5. The molecule has 186 valence electrons. The van der Waals surface area contributed by atoms with Crippen LogP contribution in [0.2, 0.25) is 0 Å². The number of rotatable bonds is 6. The van der Waals surface area contributed by atoms with Gasteiger partial charge >= 0.3 is 0 Å². The van der Waals surface area contributed by atoms with Crippen molar-refractivity contribution in [2.45, 2.75) is 30.3 Å². The number of thioether (sulfide) groups is 1. The van der Waals surface area contributed by atoms with Crippen LogP contribution in [-0.4, -0.2) is 31.6 Å². The van der Waals surface area contributed by atoms with Crippen LogP contribution in [0.1, 0.15) is 22.3 Å². The molecule has 2 aromatic heterocycles. The number of thiocarbonyl (C=S) groups is 1. The summed E-state index contributed by atoms with van der Waals surface area (Å²) in [5, 5.41) is 0.540. The summed E-state index contributed by atoms with van der Waals surface area (Å²) < 4.78 is 7.19. The summed E-state index contributed by atoms with van der Waals surface area (Å²) in [6, 6.07) is 19.3. The highest BCUT2D eigenvalue weighted by atomic mass is 32.2. The number of ether oxygens (including phenoxy) is 1. The van der Waals surface area contributed by atoms with Crippen molar-refractivity contribution >= 4 is 57.7 Å². The third-order valence-electron chi connectivity index (χ3n) is 5.85. The quantitative estimate of drug-likeness (QED) is 0.171. The zero-order chi connectivity index (χ0) is 26.1. The molecule has 0 atom stereocenters. The minimum Gasteiger partial charge on any atom is -0.497 e. The lowest BCUT2D eigenvalue weighted by atomic mass is 10.2. The van der Waals surface area contributed by atoms with Gasteiger partial charge in [0.05, 0.1) is 24.1 Å². The molecule has 1 saturated heterocycles. The SMILES string of the molecule is COc1ccc(CN2C(=O)C(=Cc3c(Sc4ccc(C)cc4)nc4ccc(C)cn4c3=O)SC2=S)cc1. The molecule has 4 aromatic rings. The summed E-state index contributed by atoms with van der Waals surface area (Å²) in [6.07, 6.45) is 3.39. The number of aromatic nitrogens is 2. The third-order valence-corrected chi connectivity index (χ3v) is 8.25. The minimum absolute atomic E-state index is 0.231. The van der Waals surface area contributed by atoms with Gasteiger partial charge in [-0.15, -0.1) is 0 Å². The lowest BCUT2D eigenvalue weighted by Gasteiger charge is -2.14. The summed E-state index contributed by atoms with van der Waals surface area (Å²) in [4.78, 5) is 34.7. The molecular formula is C28H23N3O3S3. The summed E-state index contributed by atoms with van der Waals surface area (Å²) >= 11 is 8.13. The van der Waals surface area contributed by atoms with Gasteiger partial charge in [0.25, 0.3) is 11.5 Å². The highest BCUT2D eigenvalue weighted by Crippen LogP contribution is 2.36. The van der Waals surface area contributed by atoms with Crippen molar-refractivity contribution in [1.82, 2.24) is 14.3 Å². The van der Waals surface area contributed by atoms with Crippen molar-refractivity contribution in [3.63, 3.8) is 0 Å². The molecule has 37 heavy (non-hydrogen) atoms. The maximum absolute atomic E-state index is 13.6. The van der Waals surface area contributed by atoms with Gasteiger partial charge in [-0.1, -0.05) is 71.6 Å². The summed E-state index contributed by atoms with van der Waals surface area (Å²) in [5.41, 5.74) is 3.69. The standard InChI is InChI=1S/C28H23N3O3S3/c1-17-4-11-21(12-5-17)36-25-22(26(32)30-15-18(2)6-13-24(30)29-25)14-23-27(33)31(28(35)37-23)16-19-7-9-20(34-3)10-8-19/h4-15H,16H2,1-3H3. The van der Waals surface area contributed by atoms with E-state index in [1.165, 1.54) is 27.9 Å². The van der Waals surface area contributed by atoms with Crippen LogP contribution in [0.25, 0.3) is 11.7 Å². The zero-order valence-corrected chi connectivity index (χ0v) is 22.9. The monoisotopic (exact) mass is 545 g/mol. The van der Waals surface area contributed by atoms with Crippen molar-refractivity contribution in [3.05, 3.63) is 104 Å². The molecule has 0 bridgehead atoms. The van der Waals surface area contributed by atoms with Crippen molar-refractivity contribution in [2.75, 3.05) is 7.11 Å². The summed E-state index contributed by atoms with van der Waals surface area (Å²) in [5.74, 6) is 0.512. The van der Waals surface area contributed by atoms with E-state index in [4.69, 9.17) is 21.9 Å². The van der Waals surface area contributed by atoms with E-state index in [1.54, 1.807) is 24.3 Å². The predicted molar refractivity (Wildman–Crippen MR) is 153 cm³/mol. The van der Waals surface area contributed by atoms with Gasteiger partial charge in [0.1, 0.15) is 20.7 Å². The maximum Gasteiger partial charge on any atom is 0.266 e. The van der Waals surface area contributed by atoms with E-state index in [0.29, 0.717) is 32.0 Å². The average molecular weight is 546 g/mol. The Hall–Kier alpha value is -3.40. The molecule has 1 fully saturated rings. The van der Waals surface area contributed by atoms with Crippen LogP contribution >= 0.6 is 35.7 Å². The van der Waals surface area contributed by atoms with Crippen molar-refractivity contribution in [1.29, 1.82) is 0 Å². The van der Waals surface area contributed by atoms with Gasteiger partial charge in [0, 0.05) is 11.1 Å². The van der Waals surface area contributed by atoms with Crippen molar-refractivity contribution in [3.8, 4) is 5.75 Å². The first-order valence-corrected chi connectivity index (χ1v) is 13.5. The molecule has 1 amide bonds. The fraction of sp³-hybridized carbons (Fsp3) is 0.143. The van der Waals surface area contributed by atoms with Crippen molar-refractivity contribution in [2.24, 2.45) is 0 Å². The first kappa shape index (κ1) is 25.3. The molecular weight excluding hydrogens is 523 g/mol. The number of methoxy groups -OCH3 is 1. The lowest BCUT2D eigenvalue weighted by molar-refractivity contribution is -0.122. The smallest absolute Gasteiger partial charge is 0.266 e. The lowest BCUT2D eigenvalue weighted by Crippen LogP contribution is -2.27. The molecule has 3 heterocycles. The van der Waals surface area contributed by atoms with Gasteiger partial charge in [-0.05, 0) is 61.4 Å². The fourth-order valence-corrected chi connectivity index (χ4v) is 5.97. The van der Waals surface area contributed by atoms with Gasteiger partial charge in [-0.25, -0.2) is 4.98 Å². The van der Waals surface area contributed by atoms with E-state index in [0.717, 1.165) is 27.3 Å². The molecule has 1 aliphatic rings. The molecule has 0 unspecified atom stereocenters. The summed E-state index contributed by atoms with van der Waals surface area (Å²) in [6.45, 7) is 4.28. The van der Waals surface area contributed by atoms with Crippen LogP contribution in [0.5, 0.6) is 5.75 Å². The van der Waals surface area contributed by atoms with E-state index in [2.05, 4.69) is 0 Å². The normalized spacial score (nSPS) is 14.7. The number of aryl methyl sites for hydroxylation is 2. The van der Waals surface area contributed by atoms with E-state index < -0.39 is 0 Å². The van der Waals surface area contributed by atoms with Crippen LogP contribution < -0.4 is 10.3 Å². The van der Waals surface area contributed by atoms with E-state index in [9.17, 15) is 9.59 Å². The largest absolute Gasteiger partial charge is 0.497 e. The Kier molecular flexibility index (Phi) is 7.19. The number of pyridine rings is 1. The molecule has 1 aliphatic heterocycles. The molecule has 5 rings (SSSR count). The molecule has 0 saturated carbocycles. The second-order valence-electron chi connectivity index (χ2n) is 8.60. The zero-order valence-electron chi connectivity index (χ0n) is 20.4. The maximum atomic E-state index is 13.6. The van der Waals surface area contributed by atoms with Crippen LogP contribution in [0.3, 0.4) is 0 Å². The van der Waals surface area contributed by atoms with Gasteiger partial charge < -0.3 is 4.74 Å². The molecule has 9 heteroatoms. The van der Waals surface area contributed by atoms with Crippen LogP contribution in [0.4, 0.5) is 0 Å². The number of hydrogen-bond acceptors (Lipinski definition) is 7. The highest BCUT2D eigenvalue weighted by molar-refractivity contribution is 8.26. The van der Waals surface area contributed by atoms with Crippen LogP contribution in [0.15, 0.2) is 86.5 Å². The number of carbonyl (C=O) groups is 1. The second kappa shape index (κ2) is 10.5. The Morgan fingerprint density at radius 3 is 2.41 bits per heavy atom. The molecule has 2 aromatic carbocycles. The van der Waals surface area contributed by atoms with Crippen molar-refractivity contribution < 1.29 is 9.53 Å². The number of hydrogen-bond donors (Lipinski definition) is 0. The third kappa shape index (κ3) is 5.34. The van der Waals surface area contributed by atoms with E-state index >= 15 is 0 Å². The molecule has 0 N–H and O–H groups in total. The Balaban J connectivity index is 1.54. The Bertz CT molecular complexity index is 1610. The first-order chi connectivity index (χ1) is 17.8. The Morgan fingerprint density at radius 2 is 1.70 bits per heavy atom. The number of nitrogens with zero attached hydrogens (tertiary/aromatic N) is 3. The average Bonchev–Trinajstić information content (AvgIpc) is 3.16. The number of amides is 1. The van der Waals surface area contributed by atoms with Gasteiger partial charge in [0.2, 0.25) is 0 Å². The van der Waals surface area contributed by atoms with Gasteiger partial charge in [-0.2, -0.15) is 0 Å². The number of carbonyl (C=O) groups excluding carboxylic acids is 1. The Labute approximate surface area is 228 Å². The fourth-order valence-electron chi connectivity index (χ4n) is 3.84. The van der Waals surface area contributed by atoms with Gasteiger partial charge in [-0.3, -0.25) is 18.9 Å². The molecule has 6 nitrogen and oxygen atoms in total. The van der Waals surface area contributed by atoms with E-state index in [1.807, 2.05) is 74.5 Å². The predicted octanol–water partition coefficient (Wildman–Crippen LogP) is 5.87. The molecule has 0 aliphatic carbocycles. The van der Waals surface area contributed by atoms with Crippen LogP contribution in [0, 0.1) is 13.8 Å².